The molecule has 1 aromatic carbocycles. The summed E-state index contributed by atoms with van der Waals surface area (Å²) in [7, 11) is 3.02. The molecule has 110 valence electrons. The lowest BCUT2D eigenvalue weighted by atomic mass is 10.1. The molecule has 1 saturated carbocycles. The van der Waals surface area contributed by atoms with Gasteiger partial charge in [0.15, 0.2) is 17.8 Å². The highest BCUT2D eigenvalue weighted by Crippen LogP contribution is 2.43. The molecule has 0 atom stereocenters. The van der Waals surface area contributed by atoms with E-state index < -0.39 is 5.97 Å². The fourth-order valence-electron chi connectivity index (χ4n) is 2.71. The van der Waals surface area contributed by atoms with Crippen LogP contribution in [-0.2, 0) is 0 Å². The molecule has 0 radical (unpaired) electrons. The van der Waals surface area contributed by atoms with Gasteiger partial charge in [0.25, 0.3) is 0 Å². The lowest BCUT2D eigenvalue weighted by Crippen LogP contribution is -2.09. The molecular formula is C15H15NO5. The largest absolute Gasteiger partial charge is 0.493 e. The van der Waals surface area contributed by atoms with Crippen molar-refractivity contribution in [3.63, 3.8) is 0 Å². The van der Waals surface area contributed by atoms with E-state index in [1.54, 1.807) is 16.7 Å². The Morgan fingerprint density at radius 3 is 2.38 bits per heavy atom. The van der Waals surface area contributed by atoms with Crippen LogP contribution in [-0.4, -0.2) is 36.1 Å². The first kappa shape index (κ1) is 13.5. The van der Waals surface area contributed by atoms with Crippen molar-refractivity contribution in [1.82, 2.24) is 4.57 Å². The smallest absolute Gasteiger partial charge is 0.353 e. The van der Waals surface area contributed by atoms with Gasteiger partial charge in [-0.05, 0) is 18.9 Å². The van der Waals surface area contributed by atoms with E-state index in [-0.39, 0.29) is 17.3 Å². The van der Waals surface area contributed by atoms with Gasteiger partial charge in [0.1, 0.15) is 5.69 Å². The van der Waals surface area contributed by atoms with Crippen LogP contribution in [0.4, 0.5) is 0 Å². The zero-order chi connectivity index (χ0) is 15.1. The molecule has 0 amide bonds. The maximum atomic E-state index is 11.6. The third-order valence-corrected chi connectivity index (χ3v) is 3.78. The average molecular weight is 289 g/mol. The predicted octanol–water partition coefficient (Wildman–Crippen LogP) is 2.50. The maximum absolute atomic E-state index is 11.6. The van der Waals surface area contributed by atoms with Gasteiger partial charge in [0.05, 0.1) is 25.3 Å². The molecule has 1 aromatic heterocycles. The van der Waals surface area contributed by atoms with Crippen LogP contribution in [0, 0.1) is 0 Å². The van der Waals surface area contributed by atoms with Crippen LogP contribution in [0.5, 0.6) is 11.5 Å². The fourth-order valence-corrected chi connectivity index (χ4v) is 2.71. The molecule has 1 N–H and O–H groups in total. The number of aldehydes is 1. The van der Waals surface area contributed by atoms with Crippen LogP contribution in [0.25, 0.3) is 10.9 Å². The molecule has 2 aromatic rings. The average Bonchev–Trinajstić information content (AvgIpc) is 3.26. The summed E-state index contributed by atoms with van der Waals surface area (Å²) in [5.41, 5.74) is 0.915. The zero-order valence-electron chi connectivity index (χ0n) is 11.8. The molecule has 0 unspecified atom stereocenters. The molecule has 6 heteroatoms. The lowest BCUT2D eigenvalue weighted by molar-refractivity contribution is 0.0682. The van der Waals surface area contributed by atoms with Gasteiger partial charge in [-0.2, -0.15) is 0 Å². The van der Waals surface area contributed by atoms with Gasteiger partial charge in [-0.1, -0.05) is 0 Å². The van der Waals surface area contributed by atoms with E-state index in [1.807, 2.05) is 0 Å². The molecule has 3 rings (SSSR count). The van der Waals surface area contributed by atoms with Gasteiger partial charge < -0.3 is 19.1 Å². The normalized spacial score (nSPS) is 14.2. The summed E-state index contributed by atoms with van der Waals surface area (Å²) in [5, 5.41) is 10.0. The molecule has 0 saturated heterocycles. The van der Waals surface area contributed by atoms with E-state index in [1.165, 1.54) is 14.2 Å². The predicted molar refractivity (Wildman–Crippen MR) is 75.7 cm³/mol. The Hall–Kier alpha value is -2.50. The number of carbonyl (C=O) groups is 2. The summed E-state index contributed by atoms with van der Waals surface area (Å²) in [4.78, 5) is 23.0. The molecule has 1 heterocycles. The standard InChI is InChI=1S/C15H15NO5/c1-20-12-5-9-10(7-17)14(15(18)19)16(8-3-4-8)11(9)6-13(12)21-2/h5-8H,3-4H2,1-2H3,(H,18,19). The van der Waals surface area contributed by atoms with Crippen LogP contribution >= 0.6 is 0 Å². The Morgan fingerprint density at radius 1 is 1.29 bits per heavy atom. The number of nitrogens with zero attached hydrogens (tertiary/aromatic N) is 1. The minimum absolute atomic E-state index is 0.0396. The monoisotopic (exact) mass is 289 g/mol. The van der Waals surface area contributed by atoms with Crippen LogP contribution < -0.4 is 9.47 Å². The minimum atomic E-state index is -1.10. The number of rotatable bonds is 5. The number of fused-ring (bicyclic) bond motifs is 1. The van der Waals surface area contributed by atoms with Gasteiger partial charge in [-0.3, -0.25) is 4.79 Å². The fraction of sp³-hybridized carbons (Fsp3) is 0.333. The van der Waals surface area contributed by atoms with Crippen LogP contribution in [0.2, 0.25) is 0 Å². The molecule has 1 aliphatic rings. The van der Waals surface area contributed by atoms with Gasteiger partial charge in [0, 0.05) is 17.5 Å². The number of carboxylic acid groups (broad SMARTS) is 1. The summed E-state index contributed by atoms with van der Waals surface area (Å²) in [6.07, 6.45) is 2.42. The van der Waals surface area contributed by atoms with Gasteiger partial charge in [-0.15, -0.1) is 0 Å². The van der Waals surface area contributed by atoms with E-state index in [4.69, 9.17) is 9.47 Å². The van der Waals surface area contributed by atoms with Crippen molar-refractivity contribution in [2.75, 3.05) is 14.2 Å². The van der Waals surface area contributed by atoms with Crippen LogP contribution in [0.1, 0.15) is 39.7 Å². The molecule has 1 fully saturated rings. The summed E-state index contributed by atoms with van der Waals surface area (Å²) >= 11 is 0. The number of ether oxygens (including phenoxy) is 2. The molecule has 21 heavy (non-hydrogen) atoms. The van der Waals surface area contributed by atoms with Gasteiger partial charge >= 0.3 is 5.97 Å². The summed E-state index contributed by atoms with van der Waals surface area (Å²) in [6, 6.07) is 3.51. The number of carboxylic acids is 1. The highest BCUT2D eigenvalue weighted by atomic mass is 16.5. The first-order chi connectivity index (χ1) is 10.1. The van der Waals surface area contributed by atoms with Crippen LogP contribution in [0.3, 0.4) is 0 Å². The van der Waals surface area contributed by atoms with E-state index in [2.05, 4.69) is 0 Å². The van der Waals surface area contributed by atoms with Crippen molar-refractivity contribution in [3.8, 4) is 11.5 Å². The quantitative estimate of drug-likeness (QED) is 0.856. The van der Waals surface area contributed by atoms with Crippen molar-refractivity contribution in [1.29, 1.82) is 0 Å². The Kier molecular flexibility index (Phi) is 3.08. The van der Waals surface area contributed by atoms with Crippen molar-refractivity contribution < 1.29 is 24.2 Å². The molecule has 6 nitrogen and oxygen atoms in total. The lowest BCUT2D eigenvalue weighted by Gasteiger charge is -2.10. The van der Waals surface area contributed by atoms with Crippen molar-refractivity contribution in [2.24, 2.45) is 0 Å². The van der Waals surface area contributed by atoms with Gasteiger partial charge in [-0.25, -0.2) is 4.79 Å². The number of hydrogen-bond acceptors (Lipinski definition) is 4. The van der Waals surface area contributed by atoms with Crippen molar-refractivity contribution in [2.45, 2.75) is 18.9 Å². The first-order valence-electron chi connectivity index (χ1n) is 6.60. The first-order valence-corrected chi connectivity index (χ1v) is 6.60. The third-order valence-electron chi connectivity index (χ3n) is 3.78. The van der Waals surface area contributed by atoms with Crippen molar-refractivity contribution >= 4 is 23.2 Å². The molecular weight excluding hydrogens is 274 g/mol. The molecule has 1 aliphatic carbocycles. The highest BCUT2D eigenvalue weighted by Gasteiger charge is 2.33. The highest BCUT2D eigenvalue weighted by molar-refractivity contribution is 6.09. The number of aromatic carboxylic acids is 1. The van der Waals surface area contributed by atoms with E-state index >= 15 is 0 Å². The summed E-state index contributed by atoms with van der Waals surface area (Å²) in [6.45, 7) is 0. The Balaban J connectivity index is 2.42. The minimum Gasteiger partial charge on any atom is -0.493 e. The Bertz CT molecular complexity index is 742. The van der Waals surface area contributed by atoms with Crippen LogP contribution in [0.15, 0.2) is 12.1 Å². The number of hydrogen-bond donors (Lipinski definition) is 1. The molecule has 0 spiro atoms. The number of aromatic nitrogens is 1. The number of methoxy groups -OCH3 is 2. The van der Waals surface area contributed by atoms with E-state index in [0.29, 0.717) is 28.7 Å². The summed E-state index contributed by atoms with van der Waals surface area (Å²) < 4.78 is 12.2. The summed E-state index contributed by atoms with van der Waals surface area (Å²) in [5.74, 6) is -0.116. The maximum Gasteiger partial charge on any atom is 0.353 e. The number of benzene rings is 1. The van der Waals surface area contributed by atoms with Gasteiger partial charge in [0.2, 0.25) is 0 Å². The topological polar surface area (TPSA) is 77.8 Å². The second-order valence-electron chi connectivity index (χ2n) is 5.01. The van der Waals surface area contributed by atoms with Crippen molar-refractivity contribution in [3.05, 3.63) is 23.4 Å². The molecule has 0 bridgehead atoms. The Labute approximate surface area is 120 Å². The third kappa shape index (κ3) is 1.94. The Morgan fingerprint density at radius 2 is 1.90 bits per heavy atom. The second-order valence-corrected chi connectivity index (χ2v) is 5.01. The second kappa shape index (κ2) is 4.80. The van der Waals surface area contributed by atoms with E-state index in [9.17, 15) is 14.7 Å². The SMILES string of the molecule is COc1cc2c(C=O)c(C(=O)O)n(C3CC3)c2cc1OC. The molecule has 0 aliphatic heterocycles. The number of carbonyl (C=O) groups excluding carboxylic acids is 1. The van der Waals surface area contributed by atoms with E-state index in [0.717, 1.165) is 12.8 Å². The zero-order valence-corrected chi connectivity index (χ0v) is 11.8.